The first-order valence-corrected chi connectivity index (χ1v) is 3.88. The molecule has 0 bridgehead atoms. The number of allylic oxidation sites excluding steroid dienone is 2. The number of alkyl halides is 4. The number of carbonyl (C=O) groups is 1. The summed E-state index contributed by atoms with van der Waals surface area (Å²) in [6.07, 6.45) is 1.24. The van der Waals surface area contributed by atoms with E-state index in [1.807, 2.05) is 0 Å². The summed E-state index contributed by atoms with van der Waals surface area (Å²) in [7, 11) is 0. The highest BCUT2D eigenvalue weighted by Gasteiger charge is 2.47. The van der Waals surface area contributed by atoms with Crippen LogP contribution >= 0.6 is 0 Å². The van der Waals surface area contributed by atoms with Crippen molar-refractivity contribution in [3.8, 4) is 12.3 Å². The molecule has 2 nitrogen and oxygen atoms in total. The van der Waals surface area contributed by atoms with Gasteiger partial charge in [-0.15, -0.1) is 6.42 Å². The van der Waals surface area contributed by atoms with E-state index in [0.717, 1.165) is 0 Å². The molecule has 6 heteroatoms. The summed E-state index contributed by atoms with van der Waals surface area (Å²) in [5.41, 5.74) is 0.0123. The van der Waals surface area contributed by atoms with Crippen LogP contribution in [0.2, 0.25) is 0 Å². The van der Waals surface area contributed by atoms with Gasteiger partial charge in [0.2, 0.25) is 5.78 Å². The van der Waals surface area contributed by atoms with Gasteiger partial charge in [-0.1, -0.05) is 5.92 Å². The van der Waals surface area contributed by atoms with Gasteiger partial charge in [0.05, 0.1) is 6.54 Å². The molecular weight excluding hydrogens is 214 g/mol. The van der Waals surface area contributed by atoms with Gasteiger partial charge in [0.25, 0.3) is 0 Å². The molecule has 0 saturated carbocycles. The Morgan fingerprint density at radius 1 is 1.60 bits per heavy atom. The zero-order valence-electron chi connectivity index (χ0n) is 7.86. The molecule has 0 amide bonds. The number of nitrogens with one attached hydrogen (secondary N) is 1. The number of terminal acetylenes is 1. The standard InChI is InChI=1S/C9H9F4NO/c1-3-4-14-6(2)5-7(15)9(12,13)8(10)11/h1,5,8,14H,4H2,2H3/b6-5-. The first-order chi connectivity index (χ1) is 6.82. The summed E-state index contributed by atoms with van der Waals surface area (Å²) in [5.74, 6) is -4.46. The maximum atomic E-state index is 12.4. The Morgan fingerprint density at radius 2 is 2.13 bits per heavy atom. The highest BCUT2D eigenvalue weighted by molar-refractivity contribution is 5.96. The van der Waals surface area contributed by atoms with E-state index in [4.69, 9.17) is 6.42 Å². The summed E-state index contributed by atoms with van der Waals surface area (Å²) in [5, 5.41) is 2.40. The lowest BCUT2D eigenvalue weighted by atomic mass is 10.2. The predicted molar refractivity (Wildman–Crippen MR) is 46.6 cm³/mol. The molecule has 1 N–H and O–H groups in total. The Kier molecular flexibility index (Phi) is 4.85. The second kappa shape index (κ2) is 5.39. The smallest absolute Gasteiger partial charge is 0.368 e. The maximum Gasteiger partial charge on any atom is 0.368 e. The Balaban J connectivity index is 4.54. The summed E-state index contributed by atoms with van der Waals surface area (Å²) < 4.78 is 48.2. The monoisotopic (exact) mass is 223 g/mol. The van der Waals surface area contributed by atoms with Gasteiger partial charge in [-0.2, -0.15) is 8.78 Å². The van der Waals surface area contributed by atoms with Crippen molar-refractivity contribution >= 4 is 5.78 Å². The fourth-order valence-corrected chi connectivity index (χ4v) is 0.642. The molecule has 0 aliphatic heterocycles. The van der Waals surface area contributed by atoms with E-state index in [0.29, 0.717) is 6.08 Å². The molecule has 0 fully saturated rings. The minimum absolute atomic E-state index is 0.0123. The van der Waals surface area contributed by atoms with Crippen LogP contribution in [0.25, 0.3) is 0 Å². The van der Waals surface area contributed by atoms with Gasteiger partial charge in [-0.3, -0.25) is 4.79 Å². The van der Waals surface area contributed by atoms with E-state index >= 15 is 0 Å². The minimum atomic E-state index is -4.65. The molecule has 0 aliphatic carbocycles. The molecule has 0 unspecified atom stereocenters. The molecule has 0 aliphatic rings. The predicted octanol–water partition coefficient (Wildman–Crippen LogP) is 1.58. The molecule has 0 radical (unpaired) electrons. The van der Waals surface area contributed by atoms with Crippen molar-refractivity contribution in [2.75, 3.05) is 6.54 Å². The van der Waals surface area contributed by atoms with Gasteiger partial charge in [-0.25, -0.2) is 8.78 Å². The van der Waals surface area contributed by atoms with Crippen molar-refractivity contribution < 1.29 is 22.4 Å². The van der Waals surface area contributed by atoms with Crippen molar-refractivity contribution in [2.45, 2.75) is 19.3 Å². The minimum Gasteiger partial charge on any atom is -0.378 e. The van der Waals surface area contributed by atoms with E-state index < -0.39 is 18.1 Å². The number of rotatable bonds is 5. The van der Waals surface area contributed by atoms with Gasteiger partial charge in [0.15, 0.2) is 0 Å². The van der Waals surface area contributed by atoms with Gasteiger partial charge >= 0.3 is 12.3 Å². The lowest BCUT2D eigenvalue weighted by Gasteiger charge is -2.11. The molecule has 15 heavy (non-hydrogen) atoms. The van der Waals surface area contributed by atoms with Gasteiger partial charge < -0.3 is 5.32 Å². The van der Waals surface area contributed by atoms with Crippen molar-refractivity contribution in [1.29, 1.82) is 0 Å². The molecular formula is C9H9F4NO. The maximum absolute atomic E-state index is 12.4. The SMILES string of the molecule is C#CCN/C(C)=C\C(=O)C(F)(F)C(F)F. The normalized spacial score (nSPS) is 12.5. The van der Waals surface area contributed by atoms with Crippen LogP contribution in [0.5, 0.6) is 0 Å². The van der Waals surface area contributed by atoms with Crippen LogP contribution in [-0.4, -0.2) is 24.7 Å². The zero-order chi connectivity index (χ0) is 12.1. The van der Waals surface area contributed by atoms with Crippen LogP contribution in [0.1, 0.15) is 6.92 Å². The highest BCUT2D eigenvalue weighted by atomic mass is 19.3. The fraction of sp³-hybridized carbons (Fsp3) is 0.444. The summed E-state index contributed by atoms with van der Waals surface area (Å²) in [6.45, 7) is 1.30. The number of halogens is 4. The van der Waals surface area contributed by atoms with Crippen molar-refractivity contribution in [3.05, 3.63) is 11.8 Å². The summed E-state index contributed by atoms with van der Waals surface area (Å²) >= 11 is 0. The Bertz CT molecular complexity index is 304. The van der Waals surface area contributed by atoms with Crippen molar-refractivity contribution in [2.24, 2.45) is 0 Å². The van der Waals surface area contributed by atoms with Gasteiger partial charge in [0, 0.05) is 11.8 Å². The second-order valence-electron chi connectivity index (χ2n) is 2.67. The molecule has 0 saturated heterocycles. The molecule has 0 rings (SSSR count). The van der Waals surface area contributed by atoms with Crippen LogP contribution in [-0.2, 0) is 4.79 Å². The quantitative estimate of drug-likeness (QED) is 0.435. The number of carbonyl (C=O) groups excluding carboxylic acids is 1. The Hall–Kier alpha value is -1.51. The van der Waals surface area contributed by atoms with Crippen LogP contribution in [0.15, 0.2) is 11.8 Å². The second-order valence-corrected chi connectivity index (χ2v) is 2.67. The fourth-order valence-electron chi connectivity index (χ4n) is 0.642. The molecule has 0 aromatic carbocycles. The molecule has 0 aromatic rings. The van der Waals surface area contributed by atoms with Crippen LogP contribution < -0.4 is 5.32 Å². The zero-order valence-corrected chi connectivity index (χ0v) is 7.86. The van der Waals surface area contributed by atoms with Crippen molar-refractivity contribution in [3.63, 3.8) is 0 Å². The average Bonchev–Trinajstić information content (AvgIpc) is 2.14. The molecule has 0 aromatic heterocycles. The number of hydrogen-bond donors (Lipinski definition) is 1. The van der Waals surface area contributed by atoms with E-state index in [9.17, 15) is 22.4 Å². The first-order valence-electron chi connectivity index (χ1n) is 3.88. The first kappa shape index (κ1) is 13.5. The molecule has 0 spiro atoms. The topological polar surface area (TPSA) is 29.1 Å². The van der Waals surface area contributed by atoms with E-state index in [1.54, 1.807) is 0 Å². The van der Waals surface area contributed by atoms with E-state index in [1.165, 1.54) is 6.92 Å². The molecule has 84 valence electrons. The van der Waals surface area contributed by atoms with Gasteiger partial charge in [-0.05, 0) is 6.92 Å². The Morgan fingerprint density at radius 3 is 2.53 bits per heavy atom. The highest BCUT2D eigenvalue weighted by Crippen LogP contribution is 2.24. The molecule has 0 heterocycles. The van der Waals surface area contributed by atoms with Crippen molar-refractivity contribution in [1.82, 2.24) is 5.32 Å². The third kappa shape index (κ3) is 4.02. The largest absolute Gasteiger partial charge is 0.378 e. The lowest BCUT2D eigenvalue weighted by Crippen LogP contribution is -2.35. The van der Waals surface area contributed by atoms with Gasteiger partial charge in [0.1, 0.15) is 0 Å². The van der Waals surface area contributed by atoms with E-state index in [-0.39, 0.29) is 12.2 Å². The van der Waals surface area contributed by atoms with Crippen LogP contribution in [0, 0.1) is 12.3 Å². The van der Waals surface area contributed by atoms with Crippen LogP contribution in [0.3, 0.4) is 0 Å². The Labute approximate surface area is 84.3 Å². The van der Waals surface area contributed by atoms with E-state index in [2.05, 4.69) is 11.2 Å². The third-order valence-electron chi connectivity index (χ3n) is 1.42. The molecule has 0 atom stereocenters. The van der Waals surface area contributed by atoms with Crippen LogP contribution in [0.4, 0.5) is 17.6 Å². The summed E-state index contributed by atoms with van der Waals surface area (Å²) in [4.78, 5) is 10.7. The summed E-state index contributed by atoms with van der Waals surface area (Å²) in [6, 6.07) is 0. The lowest BCUT2D eigenvalue weighted by molar-refractivity contribution is -0.161. The number of hydrogen-bond acceptors (Lipinski definition) is 2. The third-order valence-corrected chi connectivity index (χ3v) is 1.42. The number of ketones is 1. The average molecular weight is 223 g/mol.